The number of nitrogen functional groups attached to an aromatic ring is 1. The molecule has 0 aliphatic rings. The SMILES string of the molecule is CC(=O)NCC#Cc1cc(C)c(N)c(C)c1. The summed E-state index contributed by atoms with van der Waals surface area (Å²) in [6.45, 7) is 5.76. The molecule has 1 aromatic rings. The quantitative estimate of drug-likeness (QED) is 0.550. The van der Waals surface area contributed by atoms with E-state index in [0.29, 0.717) is 6.54 Å². The molecule has 0 saturated carbocycles. The van der Waals surface area contributed by atoms with Crippen LogP contribution in [0.1, 0.15) is 23.6 Å². The number of anilines is 1. The number of aryl methyl sites for hydroxylation is 2. The van der Waals surface area contributed by atoms with E-state index < -0.39 is 0 Å². The van der Waals surface area contributed by atoms with Crippen molar-refractivity contribution in [3.05, 3.63) is 28.8 Å². The molecule has 0 bridgehead atoms. The van der Waals surface area contributed by atoms with E-state index in [4.69, 9.17) is 5.73 Å². The normalized spacial score (nSPS) is 9.19. The summed E-state index contributed by atoms with van der Waals surface area (Å²) in [5.41, 5.74) is 9.64. The van der Waals surface area contributed by atoms with Gasteiger partial charge in [0, 0.05) is 18.2 Å². The molecule has 84 valence electrons. The summed E-state index contributed by atoms with van der Waals surface area (Å²) in [5.74, 6) is 5.80. The van der Waals surface area contributed by atoms with Gasteiger partial charge in [0.05, 0.1) is 6.54 Å². The van der Waals surface area contributed by atoms with E-state index >= 15 is 0 Å². The van der Waals surface area contributed by atoms with Gasteiger partial charge in [-0.25, -0.2) is 0 Å². The molecule has 0 aromatic heterocycles. The molecule has 1 rings (SSSR count). The van der Waals surface area contributed by atoms with Crippen LogP contribution in [0.5, 0.6) is 0 Å². The van der Waals surface area contributed by atoms with Gasteiger partial charge in [0.15, 0.2) is 0 Å². The van der Waals surface area contributed by atoms with E-state index in [1.165, 1.54) is 6.92 Å². The van der Waals surface area contributed by atoms with Crippen LogP contribution in [0.25, 0.3) is 0 Å². The molecule has 1 aromatic carbocycles. The van der Waals surface area contributed by atoms with Gasteiger partial charge in [0.1, 0.15) is 0 Å². The van der Waals surface area contributed by atoms with Crippen molar-refractivity contribution in [2.75, 3.05) is 12.3 Å². The third kappa shape index (κ3) is 3.32. The summed E-state index contributed by atoms with van der Waals surface area (Å²) >= 11 is 0. The van der Waals surface area contributed by atoms with Crippen LogP contribution in [-0.2, 0) is 4.79 Å². The number of rotatable bonds is 1. The van der Waals surface area contributed by atoms with Crippen LogP contribution in [0.4, 0.5) is 5.69 Å². The average molecular weight is 216 g/mol. The van der Waals surface area contributed by atoms with Crippen molar-refractivity contribution in [1.29, 1.82) is 0 Å². The van der Waals surface area contributed by atoms with E-state index in [2.05, 4.69) is 17.2 Å². The van der Waals surface area contributed by atoms with Gasteiger partial charge in [-0.2, -0.15) is 0 Å². The topological polar surface area (TPSA) is 55.1 Å². The van der Waals surface area contributed by atoms with Gasteiger partial charge in [0.2, 0.25) is 5.91 Å². The Hall–Kier alpha value is -1.95. The molecule has 0 saturated heterocycles. The summed E-state index contributed by atoms with van der Waals surface area (Å²) in [5, 5.41) is 2.62. The number of amides is 1. The van der Waals surface area contributed by atoms with Crippen LogP contribution < -0.4 is 11.1 Å². The van der Waals surface area contributed by atoms with Crippen molar-refractivity contribution in [3.8, 4) is 11.8 Å². The highest BCUT2D eigenvalue weighted by Gasteiger charge is 1.99. The first kappa shape index (κ1) is 12.1. The maximum atomic E-state index is 10.6. The highest BCUT2D eigenvalue weighted by molar-refractivity contribution is 5.73. The fraction of sp³-hybridized carbons (Fsp3) is 0.308. The van der Waals surface area contributed by atoms with E-state index in [1.54, 1.807) is 0 Å². The van der Waals surface area contributed by atoms with Crippen LogP contribution >= 0.6 is 0 Å². The van der Waals surface area contributed by atoms with Crippen LogP contribution in [0.15, 0.2) is 12.1 Å². The number of carbonyl (C=O) groups is 1. The monoisotopic (exact) mass is 216 g/mol. The number of carbonyl (C=O) groups excluding carboxylic acids is 1. The Morgan fingerprint density at radius 1 is 1.38 bits per heavy atom. The zero-order chi connectivity index (χ0) is 12.1. The molecule has 0 aliphatic heterocycles. The summed E-state index contributed by atoms with van der Waals surface area (Å²) < 4.78 is 0. The van der Waals surface area contributed by atoms with Crippen LogP contribution in [0.2, 0.25) is 0 Å². The van der Waals surface area contributed by atoms with E-state index in [-0.39, 0.29) is 5.91 Å². The Kier molecular flexibility index (Phi) is 3.96. The number of hydrogen-bond donors (Lipinski definition) is 2. The second-order valence-corrected chi connectivity index (χ2v) is 3.74. The van der Waals surface area contributed by atoms with E-state index in [9.17, 15) is 4.79 Å². The molecule has 16 heavy (non-hydrogen) atoms. The van der Waals surface area contributed by atoms with Gasteiger partial charge in [-0.05, 0) is 37.1 Å². The molecule has 0 spiro atoms. The van der Waals surface area contributed by atoms with Crippen LogP contribution in [0, 0.1) is 25.7 Å². The molecular weight excluding hydrogens is 200 g/mol. The third-order valence-corrected chi connectivity index (χ3v) is 2.25. The first-order valence-corrected chi connectivity index (χ1v) is 5.10. The third-order valence-electron chi connectivity index (χ3n) is 2.25. The van der Waals surface area contributed by atoms with Gasteiger partial charge >= 0.3 is 0 Å². The largest absolute Gasteiger partial charge is 0.398 e. The standard InChI is InChI=1S/C13H16N2O/c1-9-7-12(8-10(2)13(9)14)5-4-6-15-11(3)16/h7-8H,6,14H2,1-3H3,(H,15,16). The Labute approximate surface area is 96.0 Å². The maximum Gasteiger partial charge on any atom is 0.217 e. The molecule has 0 unspecified atom stereocenters. The zero-order valence-corrected chi connectivity index (χ0v) is 9.85. The van der Waals surface area contributed by atoms with Crippen molar-refractivity contribution < 1.29 is 4.79 Å². The Balaban J connectivity index is 2.78. The van der Waals surface area contributed by atoms with Crippen molar-refractivity contribution in [2.24, 2.45) is 0 Å². The molecule has 3 heteroatoms. The first-order chi connectivity index (χ1) is 7.50. The summed E-state index contributed by atoms with van der Waals surface area (Å²) in [6, 6.07) is 3.90. The van der Waals surface area contributed by atoms with E-state index in [1.807, 2.05) is 26.0 Å². The van der Waals surface area contributed by atoms with Gasteiger partial charge in [0.25, 0.3) is 0 Å². The number of hydrogen-bond acceptors (Lipinski definition) is 2. The van der Waals surface area contributed by atoms with Crippen molar-refractivity contribution >= 4 is 11.6 Å². The molecule has 3 N–H and O–H groups in total. The van der Waals surface area contributed by atoms with Crippen LogP contribution in [0.3, 0.4) is 0 Å². The fourth-order valence-corrected chi connectivity index (χ4v) is 1.36. The molecule has 0 radical (unpaired) electrons. The van der Waals surface area contributed by atoms with Gasteiger partial charge in [-0.3, -0.25) is 4.79 Å². The van der Waals surface area contributed by atoms with Gasteiger partial charge in [-0.1, -0.05) is 11.8 Å². The highest BCUT2D eigenvalue weighted by atomic mass is 16.1. The maximum absolute atomic E-state index is 10.6. The fourth-order valence-electron chi connectivity index (χ4n) is 1.36. The lowest BCUT2D eigenvalue weighted by atomic mass is 10.1. The predicted molar refractivity (Wildman–Crippen MR) is 65.9 cm³/mol. The second kappa shape index (κ2) is 5.22. The van der Waals surface area contributed by atoms with Crippen molar-refractivity contribution in [2.45, 2.75) is 20.8 Å². The molecular formula is C13H16N2O. The molecule has 0 atom stereocenters. The van der Waals surface area contributed by atoms with Crippen molar-refractivity contribution in [1.82, 2.24) is 5.32 Å². The average Bonchev–Trinajstić information content (AvgIpc) is 2.20. The number of nitrogens with two attached hydrogens (primary N) is 1. The Bertz CT molecular complexity index is 444. The highest BCUT2D eigenvalue weighted by Crippen LogP contribution is 2.17. The lowest BCUT2D eigenvalue weighted by Crippen LogP contribution is -2.19. The Morgan fingerprint density at radius 2 is 1.94 bits per heavy atom. The first-order valence-electron chi connectivity index (χ1n) is 5.10. The summed E-state index contributed by atoms with van der Waals surface area (Å²) in [4.78, 5) is 10.6. The predicted octanol–water partition coefficient (Wildman–Crippen LogP) is 1.37. The van der Waals surface area contributed by atoms with E-state index in [0.717, 1.165) is 22.4 Å². The smallest absolute Gasteiger partial charge is 0.217 e. The molecule has 0 fully saturated rings. The molecule has 1 amide bonds. The number of benzene rings is 1. The minimum Gasteiger partial charge on any atom is -0.398 e. The summed E-state index contributed by atoms with van der Waals surface area (Å²) in [6.07, 6.45) is 0. The summed E-state index contributed by atoms with van der Waals surface area (Å²) in [7, 11) is 0. The van der Waals surface area contributed by atoms with Gasteiger partial charge < -0.3 is 11.1 Å². The van der Waals surface area contributed by atoms with Crippen LogP contribution in [-0.4, -0.2) is 12.5 Å². The van der Waals surface area contributed by atoms with Crippen molar-refractivity contribution in [3.63, 3.8) is 0 Å². The molecule has 0 aliphatic carbocycles. The number of nitrogens with one attached hydrogen (secondary N) is 1. The van der Waals surface area contributed by atoms with Gasteiger partial charge in [-0.15, -0.1) is 0 Å². The molecule has 3 nitrogen and oxygen atoms in total. The zero-order valence-electron chi connectivity index (χ0n) is 9.85. The minimum atomic E-state index is -0.0704. The lowest BCUT2D eigenvalue weighted by molar-refractivity contribution is -0.118. The second-order valence-electron chi connectivity index (χ2n) is 3.74. The molecule has 0 heterocycles. The minimum absolute atomic E-state index is 0.0704. The Morgan fingerprint density at radius 3 is 2.44 bits per heavy atom. The lowest BCUT2D eigenvalue weighted by Gasteiger charge is -2.04.